The molecule has 0 aliphatic carbocycles. The lowest BCUT2D eigenvalue weighted by molar-refractivity contribution is 0.631. The van der Waals surface area contributed by atoms with Gasteiger partial charge in [-0.3, -0.25) is 0 Å². The van der Waals surface area contributed by atoms with Crippen LogP contribution in [-0.4, -0.2) is 4.98 Å². The highest BCUT2D eigenvalue weighted by molar-refractivity contribution is 7.15. The van der Waals surface area contributed by atoms with E-state index in [1.54, 1.807) is 18.2 Å². The molecule has 0 saturated carbocycles. The summed E-state index contributed by atoms with van der Waals surface area (Å²) < 4.78 is 13.5. The van der Waals surface area contributed by atoms with Crippen molar-refractivity contribution in [3.63, 3.8) is 0 Å². The van der Waals surface area contributed by atoms with E-state index in [1.807, 2.05) is 6.92 Å². The third-order valence-electron chi connectivity index (χ3n) is 2.19. The molecule has 15 heavy (non-hydrogen) atoms. The lowest BCUT2D eigenvalue weighted by Crippen LogP contribution is -1.98. The maximum atomic E-state index is 13.5. The van der Waals surface area contributed by atoms with E-state index in [4.69, 9.17) is 5.73 Å². The molecule has 2 nitrogen and oxygen atoms in total. The first-order chi connectivity index (χ1) is 7.22. The first-order valence-corrected chi connectivity index (χ1v) is 5.45. The van der Waals surface area contributed by atoms with Crippen molar-refractivity contribution in [1.82, 2.24) is 4.98 Å². The second kappa shape index (κ2) is 4.08. The molecule has 0 spiro atoms. The first kappa shape index (κ1) is 10.3. The number of aromatic nitrogens is 1. The van der Waals surface area contributed by atoms with E-state index < -0.39 is 0 Å². The molecule has 4 heteroatoms. The molecular weight excluding hydrogens is 211 g/mol. The smallest absolute Gasteiger partial charge is 0.133 e. The average molecular weight is 222 g/mol. The van der Waals surface area contributed by atoms with Gasteiger partial charge in [0.2, 0.25) is 0 Å². The standard InChI is InChI=1S/C11H11FN2S/c1-7-10(6-13)14-11(15-7)8-4-2-3-5-9(8)12/h2-5H,6,13H2,1H3. The first-order valence-electron chi connectivity index (χ1n) is 4.63. The van der Waals surface area contributed by atoms with Crippen molar-refractivity contribution in [2.24, 2.45) is 5.73 Å². The molecule has 0 radical (unpaired) electrons. The van der Waals surface area contributed by atoms with Gasteiger partial charge in [-0.2, -0.15) is 0 Å². The van der Waals surface area contributed by atoms with Crippen molar-refractivity contribution in [2.45, 2.75) is 13.5 Å². The molecular formula is C11H11FN2S. The minimum Gasteiger partial charge on any atom is -0.325 e. The highest BCUT2D eigenvalue weighted by atomic mass is 32.1. The summed E-state index contributed by atoms with van der Waals surface area (Å²) in [5, 5.41) is 0.700. The fourth-order valence-corrected chi connectivity index (χ4v) is 2.34. The number of thiazole rings is 1. The molecule has 2 aromatic rings. The zero-order valence-corrected chi connectivity index (χ0v) is 9.14. The lowest BCUT2D eigenvalue weighted by Gasteiger charge is -1.96. The van der Waals surface area contributed by atoms with Crippen LogP contribution in [0.3, 0.4) is 0 Å². The molecule has 0 saturated heterocycles. The molecule has 1 aromatic heterocycles. The molecule has 2 rings (SSSR count). The molecule has 1 heterocycles. The monoisotopic (exact) mass is 222 g/mol. The Hall–Kier alpha value is -1.26. The highest BCUT2D eigenvalue weighted by Gasteiger charge is 2.11. The SMILES string of the molecule is Cc1sc(-c2ccccc2F)nc1CN. The number of halogens is 1. The minimum absolute atomic E-state index is 0.241. The molecule has 0 fully saturated rings. The molecule has 0 aliphatic heterocycles. The Morgan fingerprint density at radius 3 is 2.73 bits per heavy atom. The summed E-state index contributed by atoms with van der Waals surface area (Å²) in [6.07, 6.45) is 0. The minimum atomic E-state index is -0.241. The van der Waals surface area contributed by atoms with Crippen LogP contribution in [0.15, 0.2) is 24.3 Å². The van der Waals surface area contributed by atoms with Gasteiger partial charge in [0.25, 0.3) is 0 Å². The van der Waals surface area contributed by atoms with E-state index in [2.05, 4.69) is 4.98 Å². The topological polar surface area (TPSA) is 38.9 Å². The van der Waals surface area contributed by atoms with E-state index in [9.17, 15) is 4.39 Å². The molecule has 0 unspecified atom stereocenters. The third kappa shape index (κ3) is 1.91. The van der Waals surface area contributed by atoms with Crippen molar-refractivity contribution >= 4 is 11.3 Å². The van der Waals surface area contributed by atoms with Gasteiger partial charge < -0.3 is 5.73 Å². The Morgan fingerprint density at radius 2 is 2.13 bits per heavy atom. The molecule has 0 atom stereocenters. The Labute approximate surface area is 91.6 Å². The van der Waals surface area contributed by atoms with Crippen LogP contribution in [0.4, 0.5) is 4.39 Å². The Morgan fingerprint density at radius 1 is 1.40 bits per heavy atom. The van der Waals surface area contributed by atoms with Crippen LogP contribution in [0.25, 0.3) is 10.6 Å². The Bertz CT molecular complexity index is 479. The van der Waals surface area contributed by atoms with E-state index in [-0.39, 0.29) is 5.82 Å². The van der Waals surface area contributed by atoms with Crippen molar-refractivity contribution in [3.8, 4) is 10.6 Å². The summed E-state index contributed by atoms with van der Waals surface area (Å²) in [5.41, 5.74) is 6.92. The van der Waals surface area contributed by atoms with Gasteiger partial charge in [0.1, 0.15) is 10.8 Å². The fraction of sp³-hybridized carbons (Fsp3) is 0.182. The zero-order valence-electron chi connectivity index (χ0n) is 8.33. The molecule has 0 bridgehead atoms. The second-order valence-corrected chi connectivity index (χ2v) is 4.41. The van der Waals surface area contributed by atoms with Gasteiger partial charge >= 0.3 is 0 Å². The van der Waals surface area contributed by atoms with Crippen molar-refractivity contribution in [3.05, 3.63) is 40.7 Å². The summed E-state index contributed by atoms with van der Waals surface area (Å²) in [6, 6.07) is 6.64. The largest absolute Gasteiger partial charge is 0.325 e. The van der Waals surface area contributed by atoms with Gasteiger partial charge in [0, 0.05) is 17.0 Å². The van der Waals surface area contributed by atoms with E-state index in [0.717, 1.165) is 10.6 Å². The van der Waals surface area contributed by atoms with Gasteiger partial charge in [-0.05, 0) is 19.1 Å². The highest BCUT2D eigenvalue weighted by Crippen LogP contribution is 2.29. The second-order valence-electron chi connectivity index (χ2n) is 3.21. The van der Waals surface area contributed by atoms with Gasteiger partial charge in [-0.1, -0.05) is 12.1 Å². The maximum absolute atomic E-state index is 13.5. The zero-order chi connectivity index (χ0) is 10.8. The Balaban J connectivity index is 2.50. The average Bonchev–Trinajstić information content (AvgIpc) is 2.60. The molecule has 1 aromatic carbocycles. The van der Waals surface area contributed by atoms with Gasteiger partial charge in [0.05, 0.1) is 5.69 Å². The van der Waals surface area contributed by atoms with Crippen LogP contribution in [0, 0.1) is 12.7 Å². The van der Waals surface area contributed by atoms with Crippen LogP contribution in [0.5, 0.6) is 0 Å². The van der Waals surface area contributed by atoms with Crippen LogP contribution >= 0.6 is 11.3 Å². The number of rotatable bonds is 2. The summed E-state index contributed by atoms with van der Waals surface area (Å²) in [7, 11) is 0. The third-order valence-corrected chi connectivity index (χ3v) is 3.24. The van der Waals surface area contributed by atoms with Gasteiger partial charge in [0.15, 0.2) is 0 Å². The van der Waals surface area contributed by atoms with E-state index in [1.165, 1.54) is 17.4 Å². The van der Waals surface area contributed by atoms with Crippen molar-refractivity contribution in [1.29, 1.82) is 0 Å². The number of aryl methyl sites for hydroxylation is 1. The predicted molar refractivity (Wildman–Crippen MR) is 60.1 cm³/mol. The van der Waals surface area contributed by atoms with Crippen LogP contribution in [0.2, 0.25) is 0 Å². The summed E-state index contributed by atoms with van der Waals surface area (Å²) >= 11 is 1.48. The lowest BCUT2D eigenvalue weighted by atomic mass is 10.2. The maximum Gasteiger partial charge on any atom is 0.133 e. The molecule has 2 N–H and O–H groups in total. The fourth-order valence-electron chi connectivity index (χ4n) is 1.37. The van der Waals surface area contributed by atoms with Crippen LogP contribution < -0.4 is 5.73 Å². The Kier molecular flexibility index (Phi) is 2.79. The molecule has 78 valence electrons. The van der Waals surface area contributed by atoms with E-state index in [0.29, 0.717) is 17.1 Å². The quantitative estimate of drug-likeness (QED) is 0.848. The predicted octanol–water partition coefficient (Wildman–Crippen LogP) is 2.72. The number of nitrogens with two attached hydrogens (primary N) is 1. The molecule has 0 amide bonds. The summed E-state index contributed by atoms with van der Waals surface area (Å²) in [4.78, 5) is 5.36. The number of benzene rings is 1. The van der Waals surface area contributed by atoms with Crippen molar-refractivity contribution in [2.75, 3.05) is 0 Å². The summed E-state index contributed by atoms with van der Waals surface area (Å²) in [5.74, 6) is -0.241. The van der Waals surface area contributed by atoms with Gasteiger partial charge in [-0.15, -0.1) is 11.3 Å². The number of nitrogens with zero attached hydrogens (tertiary/aromatic N) is 1. The normalized spacial score (nSPS) is 10.6. The van der Waals surface area contributed by atoms with Crippen LogP contribution in [0.1, 0.15) is 10.6 Å². The van der Waals surface area contributed by atoms with Crippen LogP contribution in [-0.2, 0) is 6.54 Å². The summed E-state index contributed by atoms with van der Waals surface area (Å²) in [6.45, 7) is 2.35. The number of hydrogen-bond acceptors (Lipinski definition) is 3. The molecule has 0 aliphatic rings. The van der Waals surface area contributed by atoms with Gasteiger partial charge in [-0.25, -0.2) is 9.37 Å². The van der Waals surface area contributed by atoms with E-state index >= 15 is 0 Å². The number of hydrogen-bond donors (Lipinski definition) is 1. The van der Waals surface area contributed by atoms with Crippen molar-refractivity contribution < 1.29 is 4.39 Å².